The van der Waals surface area contributed by atoms with Crippen LogP contribution in [0, 0.1) is 6.92 Å². The van der Waals surface area contributed by atoms with E-state index in [9.17, 15) is 18.0 Å². The zero-order chi connectivity index (χ0) is 19.9. The number of aryl methyl sites for hydroxylation is 2. The van der Waals surface area contributed by atoms with Crippen LogP contribution in [0.4, 0.5) is 13.2 Å². The first-order valence-electron chi connectivity index (χ1n) is 8.72. The minimum Gasteiger partial charge on any atom is -0.340 e. The maximum Gasteiger partial charge on any atom is 0.436 e. The van der Waals surface area contributed by atoms with Gasteiger partial charge in [-0.3, -0.25) is 14.2 Å². The Labute approximate surface area is 159 Å². The summed E-state index contributed by atoms with van der Waals surface area (Å²) in [6.45, 7) is 4.58. The summed E-state index contributed by atoms with van der Waals surface area (Å²) in [6, 6.07) is 0. The average molecular weight is 404 g/mol. The van der Waals surface area contributed by atoms with Crippen molar-refractivity contribution in [1.29, 1.82) is 0 Å². The van der Waals surface area contributed by atoms with Crippen LogP contribution in [-0.2, 0) is 30.6 Å². The van der Waals surface area contributed by atoms with Crippen molar-refractivity contribution >= 4 is 17.5 Å². The molecule has 2 aromatic heterocycles. The van der Waals surface area contributed by atoms with Crippen LogP contribution in [0.15, 0.2) is 6.20 Å². The van der Waals surface area contributed by atoms with E-state index in [-0.39, 0.29) is 23.4 Å². The SMILES string of the molecule is CCn1cc(CN(C)C(=O)Cn2nc(C(F)(F)F)c(Cl)c2C2CC2)c(C)n1. The molecule has 1 saturated carbocycles. The Morgan fingerprint density at radius 3 is 2.56 bits per heavy atom. The lowest BCUT2D eigenvalue weighted by Crippen LogP contribution is -2.30. The van der Waals surface area contributed by atoms with Gasteiger partial charge in [-0.15, -0.1) is 0 Å². The van der Waals surface area contributed by atoms with Crippen LogP contribution in [0.3, 0.4) is 0 Å². The predicted molar refractivity (Wildman–Crippen MR) is 93.3 cm³/mol. The zero-order valence-corrected chi connectivity index (χ0v) is 16.1. The third-order valence-corrected chi connectivity index (χ3v) is 5.03. The van der Waals surface area contributed by atoms with Gasteiger partial charge in [0.2, 0.25) is 5.91 Å². The highest BCUT2D eigenvalue weighted by molar-refractivity contribution is 6.32. The fourth-order valence-electron chi connectivity index (χ4n) is 2.97. The van der Waals surface area contributed by atoms with E-state index < -0.39 is 11.9 Å². The predicted octanol–water partition coefficient (Wildman–Crippen LogP) is 3.62. The molecule has 27 heavy (non-hydrogen) atoms. The molecule has 0 aromatic carbocycles. The minimum absolute atomic E-state index is 0.0655. The molecule has 1 fully saturated rings. The van der Waals surface area contributed by atoms with Gasteiger partial charge < -0.3 is 4.90 Å². The lowest BCUT2D eigenvalue weighted by molar-refractivity contribution is -0.142. The summed E-state index contributed by atoms with van der Waals surface area (Å²) < 4.78 is 42.3. The zero-order valence-electron chi connectivity index (χ0n) is 15.3. The molecule has 0 spiro atoms. The largest absolute Gasteiger partial charge is 0.436 e. The lowest BCUT2D eigenvalue weighted by Gasteiger charge is -2.17. The van der Waals surface area contributed by atoms with E-state index in [2.05, 4.69) is 10.2 Å². The highest BCUT2D eigenvalue weighted by Gasteiger charge is 2.42. The maximum absolute atomic E-state index is 13.1. The average Bonchev–Trinajstić information content (AvgIpc) is 3.27. The highest BCUT2D eigenvalue weighted by Crippen LogP contribution is 2.46. The van der Waals surface area contributed by atoms with Gasteiger partial charge in [-0.1, -0.05) is 11.6 Å². The Morgan fingerprint density at radius 2 is 2.04 bits per heavy atom. The van der Waals surface area contributed by atoms with Crippen molar-refractivity contribution in [3.05, 3.63) is 33.9 Å². The van der Waals surface area contributed by atoms with Crippen LogP contribution in [0.25, 0.3) is 0 Å². The van der Waals surface area contributed by atoms with Crippen molar-refractivity contribution in [3.63, 3.8) is 0 Å². The van der Waals surface area contributed by atoms with Crippen molar-refractivity contribution in [2.45, 2.75) is 58.4 Å². The van der Waals surface area contributed by atoms with Crippen LogP contribution in [0.1, 0.15) is 48.3 Å². The summed E-state index contributed by atoms with van der Waals surface area (Å²) in [5, 5.41) is 7.55. The summed E-state index contributed by atoms with van der Waals surface area (Å²) in [7, 11) is 1.61. The van der Waals surface area contributed by atoms with E-state index in [1.54, 1.807) is 11.7 Å². The molecule has 10 heteroatoms. The molecule has 3 rings (SSSR count). The topological polar surface area (TPSA) is 56.0 Å². The molecule has 0 unspecified atom stereocenters. The van der Waals surface area contributed by atoms with Crippen molar-refractivity contribution in [3.8, 4) is 0 Å². The normalized spacial score (nSPS) is 14.6. The van der Waals surface area contributed by atoms with Crippen LogP contribution in [0.5, 0.6) is 0 Å². The van der Waals surface area contributed by atoms with E-state index in [0.29, 0.717) is 12.2 Å². The summed E-state index contributed by atoms with van der Waals surface area (Å²) >= 11 is 5.94. The van der Waals surface area contributed by atoms with Crippen LogP contribution >= 0.6 is 11.6 Å². The summed E-state index contributed by atoms with van der Waals surface area (Å²) in [6.07, 6.45) is -1.28. The molecule has 0 saturated heterocycles. The van der Waals surface area contributed by atoms with Gasteiger partial charge >= 0.3 is 6.18 Å². The molecule has 2 heterocycles. The molecule has 1 aliphatic rings. The monoisotopic (exact) mass is 403 g/mol. The van der Waals surface area contributed by atoms with Gasteiger partial charge in [0.25, 0.3) is 0 Å². The van der Waals surface area contributed by atoms with Gasteiger partial charge in [-0.2, -0.15) is 23.4 Å². The Bertz CT molecular complexity index is 854. The standard InChI is InChI=1S/C17H21ClF3N5O/c1-4-25-8-12(10(2)22-25)7-24(3)13(27)9-26-15(11-5-6-11)14(18)16(23-26)17(19,20)21/h8,11H,4-7,9H2,1-3H3. The molecule has 2 aromatic rings. The molecule has 148 valence electrons. The first-order valence-corrected chi connectivity index (χ1v) is 9.09. The van der Waals surface area contributed by atoms with Crippen molar-refractivity contribution in [1.82, 2.24) is 24.5 Å². The number of hydrogen-bond donors (Lipinski definition) is 0. The second kappa shape index (κ2) is 7.18. The van der Waals surface area contributed by atoms with Crippen molar-refractivity contribution in [2.24, 2.45) is 0 Å². The van der Waals surface area contributed by atoms with Gasteiger partial charge in [0.15, 0.2) is 5.69 Å². The number of hydrogen-bond acceptors (Lipinski definition) is 3. The number of rotatable bonds is 6. The second-order valence-electron chi connectivity index (χ2n) is 6.82. The number of aromatic nitrogens is 4. The number of nitrogens with zero attached hydrogens (tertiary/aromatic N) is 5. The molecule has 0 bridgehead atoms. The quantitative estimate of drug-likeness (QED) is 0.740. The minimum atomic E-state index is -4.65. The van der Waals surface area contributed by atoms with E-state index in [0.717, 1.165) is 35.3 Å². The smallest absolute Gasteiger partial charge is 0.340 e. The molecular formula is C17H21ClF3N5O. The van der Waals surface area contributed by atoms with E-state index in [1.165, 1.54) is 4.90 Å². The van der Waals surface area contributed by atoms with E-state index in [4.69, 9.17) is 11.6 Å². The lowest BCUT2D eigenvalue weighted by atomic mass is 10.2. The van der Waals surface area contributed by atoms with Crippen LogP contribution in [-0.4, -0.2) is 37.4 Å². The van der Waals surface area contributed by atoms with Crippen LogP contribution < -0.4 is 0 Å². The number of alkyl halides is 3. The van der Waals surface area contributed by atoms with Crippen molar-refractivity contribution < 1.29 is 18.0 Å². The highest BCUT2D eigenvalue weighted by atomic mass is 35.5. The molecule has 0 atom stereocenters. The molecule has 0 radical (unpaired) electrons. The Kier molecular flexibility index (Phi) is 5.24. The summed E-state index contributed by atoms with van der Waals surface area (Å²) in [5.41, 5.74) is 0.892. The van der Waals surface area contributed by atoms with Crippen LogP contribution in [0.2, 0.25) is 5.02 Å². The second-order valence-corrected chi connectivity index (χ2v) is 7.20. The number of amides is 1. The number of carbonyl (C=O) groups is 1. The first-order chi connectivity index (χ1) is 12.6. The fourth-order valence-corrected chi connectivity index (χ4v) is 3.37. The van der Waals surface area contributed by atoms with Gasteiger partial charge in [0.05, 0.1) is 16.4 Å². The molecule has 0 aliphatic heterocycles. The van der Waals surface area contributed by atoms with Crippen molar-refractivity contribution in [2.75, 3.05) is 7.05 Å². The molecule has 6 nitrogen and oxygen atoms in total. The number of halogens is 4. The molecule has 0 N–H and O–H groups in total. The first kappa shape index (κ1) is 19.7. The van der Waals surface area contributed by atoms with Gasteiger partial charge in [-0.25, -0.2) is 0 Å². The third-order valence-electron chi connectivity index (χ3n) is 4.65. The third kappa shape index (κ3) is 4.12. The van der Waals surface area contributed by atoms with E-state index >= 15 is 0 Å². The number of likely N-dealkylation sites (N-methyl/N-ethyl adjacent to an activating group) is 1. The Morgan fingerprint density at radius 1 is 1.37 bits per heavy atom. The maximum atomic E-state index is 13.1. The summed E-state index contributed by atoms with van der Waals surface area (Å²) in [4.78, 5) is 14.0. The Hall–Kier alpha value is -2.03. The van der Waals surface area contributed by atoms with Gasteiger partial charge in [-0.05, 0) is 26.7 Å². The molecule has 1 aliphatic carbocycles. The molecule has 1 amide bonds. The fraction of sp³-hybridized carbons (Fsp3) is 0.588. The molecular weight excluding hydrogens is 383 g/mol. The summed E-state index contributed by atoms with van der Waals surface area (Å²) in [5.74, 6) is -0.405. The van der Waals surface area contributed by atoms with Gasteiger partial charge in [0.1, 0.15) is 6.54 Å². The number of carbonyl (C=O) groups excluding carboxylic acids is 1. The van der Waals surface area contributed by atoms with Gasteiger partial charge in [0, 0.05) is 37.8 Å². The van der Waals surface area contributed by atoms with E-state index in [1.807, 2.05) is 20.0 Å². The Balaban J connectivity index is 1.78.